The molecule has 2 N–H and O–H groups in total. The first-order valence-electron chi connectivity index (χ1n) is 8.97. The lowest BCUT2D eigenvalue weighted by molar-refractivity contribution is 0.271. The summed E-state index contributed by atoms with van der Waals surface area (Å²) in [6.07, 6.45) is 0. The monoisotopic (exact) mass is 332 g/mol. The van der Waals surface area contributed by atoms with Gasteiger partial charge in [0.25, 0.3) is 0 Å². The van der Waals surface area contributed by atoms with E-state index in [0.29, 0.717) is 0 Å². The van der Waals surface area contributed by atoms with Crippen LogP contribution in [0.15, 0.2) is 54.6 Å². The van der Waals surface area contributed by atoms with Gasteiger partial charge in [0, 0.05) is 42.8 Å². The van der Waals surface area contributed by atoms with Gasteiger partial charge in [0.05, 0.1) is 5.69 Å². The molecule has 4 heteroatoms. The van der Waals surface area contributed by atoms with E-state index in [4.69, 9.17) is 10.7 Å². The van der Waals surface area contributed by atoms with Gasteiger partial charge >= 0.3 is 0 Å². The summed E-state index contributed by atoms with van der Waals surface area (Å²) in [6, 6.07) is 18.7. The smallest absolute Gasteiger partial charge is 0.137 e. The van der Waals surface area contributed by atoms with Crippen molar-refractivity contribution in [3.8, 4) is 11.3 Å². The Balaban J connectivity index is 1.78. The van der Waals surface area contributed by atoms with Crippen LogP contribution in [0.4, 0.5) is 11.5 Å². The summed E-state index contributed by atoms with van der Waals surface area (Å²) in [6.45, 7) is 7.59. The summed E-state index contributed by atoms with van der Waals surface area (Å²) in [5, 5.41) is 2.46. The van der Waals surface area contributed by atoms with Crippen molar-refractivity contribution in [3.05, 3.63) is 54.6 Å². The highest BCUT2D eigenvalue weighted by Crippen LogP contribution is 2.30. The quantitative estimate of drug-likeness (QED) is 0.744. The Bertz CT molecular complexity index is 865. The molecule has 25 heavy (non-hydrogen) atoms. The zero-order valence-corrected chi connectivity index (χ0v) is 14.7. The molecule has 0 amide bonds. The minimum absolute atomic E-state index is 0.778. The predicted molar refractivity (Wildman–Crippen MR) is 106 cm³/mol. The molecule has 0 saturated carbocycles. The number of pyridine rings is 1. The van der Waals surface area contributed by atoms with Gasteiger partial charge in [-0.2, -0.15) is 0 Å². The van der Waals surface area contributed by atoms with Gasteiger partial charge in [-0.25, -0.2) is 4.98 Å². The molecule has 1 aliphatic heterocycles. The van der Waals surface area contributed by atoms with Gasteiger partial charge in [0.1, 0.15) is 5.82 Å². The van der Waals surface area contributed by atoms with Crippen LogP contribution in [0.1, 0.15) is 6.92 Å². The predicted octanol–water partition coefficient (Wildman–Crippen LogP) is 3.63. The van der Waals surface area contributed by atoms with E-state index in [1.807, 2.05) is 24.3 Å². The first-order valence-corrected chi connectivity index (χ1v) is 8.97. The van der Waals surface area contributed by atoms with Crippen LogP contribution >= 0.6 is 0 Å². The van der Waals surface area contributed by atoms with Crippen molar-refractivity contribution in [3.63, 3.8) is 0 Å². The molecule has 0 bridgehead atoms. The zero-order valence-electron chi connectivity index (χ0n) is 14.7. The molecule has 4 nitrogen and oxygen atoms in total. The molecule has 2 aromatic carbocycles. The molecule has 4 rings (SSSR count). The van der Waals surface area contributed by atoms with Gasteiger partial charge in [0.2, 0.25) is 0 Å². The van der Waals surface area contributed by atoms with Crippen molar-refractivity contribution in [2.75, 3.05) is 43.4 Å². The normalized spacial score (nSPS) is 15.6. The van der Waals surface area contributed by atoms with Crippen molar-refractivity contribution in [1.29, 1.82) is 0 Å². The molecule has 2 heterocycles. The first-order chi connectivity index (χ1) is 12.2. The van der Waals surface area contributed by atoms with Crippen LogP contribution in [0.3, 0.4) is 0 Å². The fourth-order valence-electron chi connectivity index (χ4n) is 3.50. The third kappa shape index (κ3) is 3.17. The van der Waals surface area contributed by atoms with E-state index in [0.717, 1.165) is 55.5 Å². The molecule has 1 fully saturated rings. The number of rotatable bonds is 3. The first kappa shape index (κ1) is 15.9. The summed E-state index contributed by atoms with van der Waals surface area (Å²) in [7, 11) is 0. The van der Waals surface area contributed by atoms with Crippen LogP contribution < -0.4 is 10.6 Å². The van der Waals surface area contributed by atoms with Crippen LogP contribution in [0.5, 0.6) is 0 Å². The van der Waals surface area contributed by atoms with E-state index >= 15 is 0 Å². The molecule has 0 spiro atoms. The fraction of sp³-hybridized carbons (Fsp3) is 0.286. The van der Waals surface area contributed by atoms with Crippen molar-refractivity contribution in [2.24, 2.45) is 0 Å². The van der Waals surface area contributed by atoms with Crippen molar-refractivity contribution >= 4 is 22.3 Å². The van der Waals surface area contributed by atoms with E-state index in [1.54, 1.807) is 0 Å². The van der Waals surface area contributed by atoms with E-state index in [9.17, 15) is 0 Å². The third-order valence-electron chi connectivity index (χ3n) is 5.05. The van der Waals surface area contributed by atoms with E-state index < -0.39 is 0 Å². The van der Waals surface area contributed by atoms with Gasteiger partial charge in [-0.3, -0.25) is 0 Å². The number of aromatic nitrogens is 1. The number of hydrogen-bond donors (Lipinski definition) is 1. The summed E-state index contributed by atoms with van der Waals surface area (Å²) in [5.74, 6) is 1.10. The van der Waals surface area contributed by atoms with Crippen LogP contribution in [0, 0.1) is 0 Å². The van der Waals surface area contributed by atoms with Gasteiger partial charge < -0.3 is 15.5 Å². The molecular formula is C21H24N4. The van der Waals surface area contributed by atoms with E-state index in [2.05, 4.69) is 47.1 Å². The lowest BCUT2D eigenvalue weighted by Gasteiger charge is -2.35. The Morgan fingerprint density at radius 1 is 0.960 bits per heavy atom. The Morgan fingerprint density at radius 3 is 2.40 bits per heavy atom. The minimum atomic E-state index is 0.778. The number of likely N-dealkylation sites (N-methyl/N-ethyl adjacent to an activating group) is 1. The Hall–Kier alpha value is -2.59. The molecule has 1 aliphatic rings. The second-order valence-electron chi connectivity index (χ2n) is 6.60. The van der Waals surface area contributed by atoms with Crippen molar-refractivity contribution in [1.82, 2.24) is 9.88 Å². The SMILES string of the molecule is CCN1CCN(c2nc(-c3ccc(N)cc3)cc3ccccc23)CC1. The fourth-order valence-corrected chi connectivity index (χ4v) is 3.50. The number of piperazine rings is 1. The van der Waals surface area contributed by atoms with Gasteiger partial charge in [0.15, 0.2) is 0 Å². The molecule has 0 atom stereocenters. The maximum absolute atomic E-state index is 5.83. The Kier molecular flexibility index (Phi) is 4.28. The lowest BCUT2D eigenvalue weighted by Crippen LogP contribution is -2.46. The topological polar surface area (TPSA) is 45.4 Å². The largest absolute Gasteiger partial charge is 0.399 e. The number of anilines is 2. The van der Waals surface area contributed by atoms with Gasteiger partial charge in [-0.1, -0.05) is 43.3 Å². The Labute approximate surface area is 148 Å². The van der Waals surface area contributed by atoms with Crippen LogP contribution in [0.25, 0.3) is 22.0 Å². The molecule has 3 aromatic rings. The summed E-state index contributed by atoms with van der Waals surface area (Å²) in [4.78, 5) is 9.96. The molecule has 128 valence electrons. The van der Waals surface area contributed by atoms with Crippen LogP contribution in [0.2, 0.25) is 0 Å². The molecule has 0 unspecified atom stereocenters. The van der Waals surface area contributed by atoms with Gasteiger partial charge in [-0.05, 0) is 30.1 Å². The van der Waals surface area contributed by atoms with Crippen LogP contribution in [-0.2, 0) is 0 Å². The summed E-state index contributed by atoms with van der Waals surface area (Å²) < 4.78 is 0. The van der Waals surface area contributed by atoms with Crippen LogP contribution in [-0.4, -0.2) is 42.6 Å². The average Bonchev–Trinajstić information content (AvgIpc) is 2.68. The minimum Gasteiger partial charge on any atom is -0.399 e. The van der Waals surface area contributed by atoms with E-state index in [1.165, 1.54) is 10.8 Å². The molecule has 1 saturated heterocycles. The number of nitrogen functional groups attached to an aromatic ring is 1. The highest BCUT2D eigenvalue weighted by atomic mass is 15.3. The van der Waals surface area contributed by atoms with Crippen molar-refractivity contribution in [2.45, 2.75) is 6.92 Å². The second-order valence-corrected chi connectivity index (χ2v) is 6.60. The second kappa shape index (κ2) is 6.73. The van der Waals surface area contributed by atoms with E-state index in [-0.39, 0.29) is 0 Å². The standard InChI is InChI=1S/C21H24N4/c1-2-24-11-13-25(14-12-24)21-19-6-4-3-5-17(19)15-20(23-21)16-7-9-18(22)10-8-16/h3-10,15H,2,11-14,22H2,1H3. The molecule has 0 aliphatic carbocycles. The highest BCUT2D eigenvalue weighted by Gasteiger charge is 2.19. The zero-order chi connectivity index (χ0) is 17.2. The molecular weight excluding hydrogens is 308 g/mol. The number of hydrogen-bond acceptors (Lipinski definition) is 4. The highest BCUT2D eigenvalue weighted by molar-refractivity contribution is 5.95. The average molecular weight is 332 g/mol. The number of nitrogens with zero attached hydrogens (tertiary/aromatic N) is 3. The maximum atomic E-state index is 5.83. The third-order valence-corrected chi connectivity index (χ3v) is 5.05. The Morgan fingerprint density at radius 2 is 1.68 bits per heavy atom. The number of benzene rings is 2. The lowest BCUT2D eigenvalue weighted by atomic mass is 10.1. The summed E-state index contributed by atoms with van der Waals surface area (Å²) >= 11 is 0. The van der Waals surface area contributed by atoms with Crippen molar-refractivity contribution < 1.29 is 0 Å². The number of fused-ring (bicyclic) bond motifs is 1. The summed E-state index contributed by atoms with van der Waals surface area (Å²) in [5.41, 5.74) is 8.72. The molecule has 0 radical (unpaired) electrons. The maximum Gasteiger partial charge on any atom is 0.137 e. The van der Waals surface area contributed by atoms with Gasteiger partial charge in [-0.15, -0.1) is 0 Å². The number of nitrogens with two attached hydrogens (primary N) is 1. The molecule has 1 aromatic heterocycles.